The molecule has 0 bridgehead atoms. The van der Waals surface area contributed by atoms with Crippen molar-refractivity contribution in [3.8, 4) is 0 Å². The Hall–Kier alpha value is -3.40. The summed E-state index contributed by atoms with van der Waals surface area (Å²) in [5.41, 5.74) is 2.88. The van der Waals surface area contributed by atoms with Crippen LogP contribution >= 0.6 is 0 Å². The fourth-order valence-corrected chi connectivity index (χ4v) is 2.88. The number of hydrogen-bond acceptors (Lipinski definition) is 1. The molecule has 0 fully saturated rings. The Morgan fingerprint density at radius 2 is 1.29 bits per heavy atom. The van der Waals surface area contributed by atoms with Gasteiger partial charge in [-0.15, -0.1) is 0 Å². The number of nitrogens with one attached hydrogen (secondary N) is 1. The van der Waals surface area contributed by atoms with E-state index in [0.29, 0.717) is 5.96 Å². The number of amidine groups is 1. The molecule has 3 aromatic carbocycles. The predicted molar refractivity (Wildman–Crippen MR) is 120 cm³/mol. The molecule has 0 unspecified atom stereocenters. The number of hydrogen-bond donors (Lipinski definition) is 1. The summed E-state index contributed by atoms with van der Waals surface area (Å²) in [4.78, 5) is 12.0. The molecule has 0 amide bonds. The largest absolute Gasteiger partial charge is 0.357 e. The van der Waals surface area contributed by atoms with Crippen LogP contribution in [0.25, 0.3) is 0 Å². The van der Waals surface area contributed by atoms with Gasteiger partial charge in [0.05, 0.1) is 5.69 Å². The van der Waals surface area contributed by atoms with Gasteiger partial charge in [0, 0.05) is 24.3 Å². The number of anilines is 1. The Bertz CT molecular complexity index is 899. The highest BCUT2D eigenvalue weighted by atomic mass is 15.2. The van der Waals surface area contributed by atoms with Crippen molar-refractivity contribution >= 4 is 23.2 Å². The Morgan fingerprint density at radius 1 is 0.750 bits per heavy atom. The lowest BCUT2D eigenvalue weighted by molar-refractivity contribution is 0.467. The third-order valence-electron chi connectivity index (χ3n) is 4.33. The molecule has 0 atom stereocenters. The van der Waals surface area contributed by atoms with Gasteiger partial charge < -0.3 is 10.2 Å². The van der Waals surface area contributed by atoms with Crippen LogP contribution in [-0.4, -0.2) is 29.8 Å². The minimum Gasteiger partial charge on any atom is -0.357 e. The van der Waals surface area contributed by atoms with E-state index in [2.05, 4.69) is 36.2 Å². The van der Waals surface area contributed by atoms with Gasteiger partial charge in [-0.1, -0.05) is 66.7 Å². The monoisotopic (exact) mass is 370 g/mol. The zero-order valence-corrected chi connectivity index (χ0v) is 16.4. The van der Waals surface area contributed by atoms with Crippen LogP contribution in [0.1, 0.15) is 19.4 Å². The van der Waals surface area contributed by atoms with Crippen molar-refractivity contribution in [1.82, 2.24) is 4.90 Å². The van der Waals surface area contributed by atoms with E-state index in [1.807, 2.05) is 78.9 Å². The third-order valence-corrected chi connectivity index (χ3v) is 4.33. The standard InChI is InChI=1S/C24H26N4/c1-3-28(4-2)23(20-14-8-5-9-15-20)27-24(25-21-16-10-6-11-17-21)26-22-18-12-7-13-19-22/h5-19H,3-4H2,1-2H3,(H,25,26)/b27-23+. The molecule has 0 aliphatic heterocycles. The van der Waals surface area contributed by atoms with Crippen molar-refractivity contribution in [1.29, 1.82) is 0 Å². The lowest BCUT2D eigenvalue weighted by Gasteiger charge is -2.23. The topological polar surface area (TPSA) is 40.0 Å². The summed E-state index contributed by atoms with van der Waals surface area (Å²) in [5.74, 6) is 1.46. The lowest BCUT2D eigenvalue weighted by Crippen LogP contribution is -2.33. The maximum Gasteiger partial charge on any atom is 0.229 e. The maximum atomic E-state index is 4.96. The van der Waals surface area contributed by atoms with E-state index in [4.69, 9.17) is 9.98 Å². The van der Waals surface area contributed by atoms with Gasteiger partial charge in [0.25, 0.3) is 0 Å². The summed E-state index contributed by atoms with van der Waals surface area (Å²) in [6, 6.07) is 30.1. The number of guanidine groups is 1. The Balaban J connectivity index is 2.06. The second kappa shape index (κ2) is 10.1. The summed E-state index contributed by atoms with van der Waals surface area (Å²) < 4.78 is 0. The molecule has 0 aliphatic carbocycles. The van der Waals surface area contributed by atoms with Crippen LogP contribution in [0.3, 0.4) is 0 Å². The highest BCUT2D eigenvalue weighted by Gasteiger charge is 2.12. The zero-order chi connectivity index (χ0) is 19.6. The molecular weight excluding hydrogens is 344 g/mol. The highest BCUT2D eigenvalue weighted by molar-refractivity contribution is 6.09. The molecule has 4 heteroatoms. The van der Waals surface area contributed by atoms with Gasteiger partial charge in [-0.25, -0.2) is 4.99 Å². The number of para-hydroxylation sites is 2. The fraction of sp³-hybridized carbons (Fsp3) is 0.167. The molecule has 0 aromatic heterocycles. The Morgan fingerprint density at radius 3 is 1.86 bits per heavy atom. The van der Waals surface area contributed by atoms with Crippen LogP contribution in [0.15, 0.2) is 101 Å². The van der Waals surface area contributed by atoms with Crippen LogP contribution in [0, 0.1) is 0 Å². The first-order valence-corrected chi connectivity index (χ1v) is 9.65. The van der Waals surface area contributed by atoms with Crippen LogP contribution in [-0.2, 0) is 0 Å². The van der Waals surface area contributed by atoms with Crippen molar-refractivity contribution in [2.75, 3.05) is 18.4 Å². The van der Waals surface area contributed by atoms with Crippen molar-refractivity contribution in [2.45, 2.75) is 13.8 Å². The van der Waals surface area contributed by atoms with E-state index in [0.717, 1.165) is 35.9 Å². The quantitative estimate of drug-likeness (QED) is 0.471. The van der Waals surface area contributed by atoms with Gasteiger partial charge >= 0.3 is 0 Å². The summed E-state index contributed by atoms with van der Waals surface area (Å²) in [7, 11) is 0. The average molecular weight is 371 g/mol. The first kappa shape index (κ1) is 19.4. The van der Waals surface area contributed by atoms with Crippen LogP contribution in [0.5, 0.6) is 0 Å². The second-order valence-corrected chi connectivity index (χ2v) is 6.24. The average Bonchev–Trinajstić information content (AvgIpc) is 2.76. The molecule has 0 saturated carbocycles. The highest BCUT2D eigenvalue weighted by Crippen LogP contribution is 2.14. The summed E-state index contributed by atoms with van der Waals surface area (Å²) in [5, 5.41) is 3.37. The molecule has 3 rings (SSSR count). The van der Waals surface area contributed by atoms with Gasteiger partial charge in [-0.3, -0.25) is 0 Å². The third kappa shape index (κ3) is 5.30. The molecule has 142 valence electrons. The van der Waals surface area contributed by atoms with Crippen LogP contribution in [0.2, 0.25) is 0 Å². The first-order chi connectivity index (χ1) is 13.8. The van der Waals surface area contributed by atoms with Crippen molar-refractivity contribution in [2.24, 2.45) is 9.98 Å². The van der Waals surface area contributed by atoms with E-state index in [-0.39, 0.29) is 0 Å². The van der Waals surface area contributed by atoms with E-state index < -0.39 is 0 Å². The van der Waals surface area contributed by atoms with E-state index in [1.54, 1.807) is 0 Å². The molecule has 0 aliphatic rings. The van der Waals surface area contributed by atoms with Gasteiger partial charge in [0.1, 0.15) is 5.84 Å². The summed E-state index contributed by atoms with van der Waals surface area (Å²) >= 11 is 0. The van der Waals surface area contributed by atoms with E-state index >= 15 is 0 Å². The Kier molecular flexibility index (Phi) is 6.96. The SMILES string of the molecule is CCN(CC)/C(=N/C(=Nc1ccccc1)Nc1ccccc1)c1ccccc1. The van der Waals surface area contributed by atoms with Crippen LogP contribution in [0.4, 0.5) is 11.4 Å². The van der Waals surface area contributed by atoms with Crippen molar-refractivity contribution in [3.05, 3.63) is 96.6 Å². The summed E-state index contributed by atoms with van der Waals surface area (Å²) in [6.45, 7) is 6.02. The minimum atomic E-state index is 0.558. The molecule has 0 spiro atoms. The normalized spacial score (nSPS) is 11.9. The first-order valence-electron chi connectivity index (χ1n) is 9.65. The predicted octanol–water partition coefficient (Wildman–Crippen LogP) is 5.57. The van der Waals surface area contributed by atoms with Gasteiger partial charge in [0.15, 0.2) is 0 Å². The lowest BCUT2D eigenvalue weighted by atomic mass is 10.2. The molecule has 1 N–H and O–H groups in total. The number of benzene rings is 3. The van der Waals surface area contributed by atoms with E-state index in [1.165, 1.54) is 0 Å². The molecule has 3 aromatic rings. The molecule has 0 heterocycles. The smallest absolute Gasteiger partial charge is 0.229 e. The maximum absolute atomic E-state index is 4.96. The van der Waals surface area contributed by atoms with E-state index in [9.17, 15) is 0 Å². The second-order valence-electron chi connectivity index (χ2n) is 6.24. The van der Waals surface area contributed by atoms with Crippen molar-refractivity contribution < 1.29 is 0 Å². The van der Waals surface area contributed by atoms with Gasteiger partial charge in [-0.05, 0) is 38.1 Å². The number of nitrogens with zero attached hydrogens (tertiary/aromatic N) is 3. The number of aliphatic imine (C=N–C) groups is 2. The Labute approximate surface area is 167 Å². The number of rotatable bonds is 5. The minimum absolute atomic E-state index is 0.558. The molecular formula is C24H26N4. The van der Waals surface area contributed by atoms with Gasteiger partial charge in [-0.2, -0.15) is 4.99 Å². The molecule has 0 saturated heterocycles. The fourth-order valence-electron chi connectivity index (χ4n) is 2.88. The summed E-state index contributed by atoms with van der Waals surface area (Å²) in [6.07, 6.45) is 0. The van der Waals surface area contributed by atoms with Gasteiger partial charge in [0.2, 0.25) is 5.96 Å². The molecule has 28 heavy (non-hydrogen) atoms. The molecule has 4 nitrogen and oxygen atoms in total. The zero-order valence-electron chi connectivity index (χ0n) is 16.4. The molecule has 0 radical (unpaired) electrons. The van der Waals surface area contributed by atoms with Crippen LogP contribution < -0.4 is 5.32 Å². The van der Waals surface area contributed by atoms with Crippen molar-refractivity contribution in [3.63, 3.8) is 0 Å².